The fraction of sp³-hybridized carbons (Fsp3) is 0.364. The molecule has 1 saturated heterocycles. The molecule has 3 rings (SSSR count). The van der Waals surface area contributed by atoms with Crippen LogP contribution in [0.25, 0.3) is 0 Å². The molecule has 0 spiro atoms. The van der Waals surface area contributed by atoms with E-state index >= 15 is 0 Å². The van der Waals surface area contributed by atoms with Gasteiger partial charge in [-0.2, -0.15) is 0 Å². The van der Waals surface area contributed by atoms with Crippen LogP contribution < -0.4 is 0 Å². The molecule has 2 aliphatic rings. The maximum Gasteiger partial charge on any atom is 0.160 e. The van der Waals surface area contributed by atoms with Crippen molar-refractivity contribution >= 4 is 28.5 Å². The van der Waals surface area contributed by atoms with Gasteiger partial charge in [0.2, 0.25) is 0 Å². The van der Waals surface area contributed by atoms with Gasteiger partial charge in [-0.3, -0.25) is 4.99 Å². The molecule has 2 nitrogen and oxygen atoms in total. The van der Waals surface area contributed by atoms with Crippen LogP contribution in [-0.2, 0) is 0 Å². The Hall–Kier alpha value is -0.670. The highest BCUT2D eigenvalue weighted by Crippen LogP contribution is 2.32. The summed E-state index contributed by atoms with van der Waals surface area (Å²) >= 11 is 7.73. The lowest BCUT2D eigenvalue weighted by atomic mass is 10.1. The summed E-state index contributed by atoms with van der Waals surface area (Å²) in [4.78, 5) is 7.08. The average Bonchev–Trinajstić information content (AvgIpc) is 2.78. The van der Waals surface area contributed by atoms with Gasteiger partial charge >= 0.3 is 0 Å². The quantitative estimate of drug-likeness (QED) is 0.748. The monoisotopic (exact) mass is 238 g/mol. The first-order chi connectivity index (χ1) is 7.33. The number of benzene rings is 1. The van der Waals surface area contributed by atoms with Gasteiger partial charge in [0.1, 0.15) is 0 Å². The third kappa shape index (κ3) is 1.74. The van der Waals surface area contributed by atoms with Crippen molar-refractivity contribution in [1.29, 1.82) is 0 Å². The van der Waals surface area contributed by atoms with Gasteiger partial charge in [0.15, 0.2) is 5.17 Å². The topological polar surface area (TPSA) is 15.6 Å². The molecule has 0 N–H and O–H groups in total. The van der Waals surface area contributed by atoms with E-state index in [9.17, 15) is 0 Å². The summed E-state index contributed by atoms with van der Waals surface area (Å²) in [7, 11) is 0. The van der Waals surface area contributed by atoms with Crippen molar-refractivity contribution in [3.8, 4) is 0 Å². The van der Waals surface area contributed by atoms with Crippen molar-refractivity contribution in [2.75, 3.05) is 18.8 Å². The van der Waals surface area contributed by atoms with Gasteiger partial charge in [0.05, 0.1) is 6.04 Å². The van der Waals surface area contributed by atoms with Gasteiger partial charge in [0.25, 0.3) is 0 Å². The highest BCUT2D eigenvalue weighted by molar-refractivity contribution is 8.14. The summed E-state index contributed by atoms with van der Waals surface area (Å²) in [5.74, 6) is 1.19. The number of rotatable bonds is 1. The Labute approximate surface area is 98.3 Å². The van der Waals surface area contributed by atoms with E-state index in [4.69, 9.17) is 16.6 Å². The van der Waals surface area contributed by atoms with Crippen molar-refractivity contribution in [1.82, 2.24) is 4.90 Å². The van der Waals surface area contributed by atoms with E-state index in [0.29, 0.717) is 6.04 Å². The zero-order valence-corrected chi connectivity index (χ0v) is 9.76. The van der Waals surface area contributed by atoms with Crippen molar-refractivity contribution in [2.45, 2.75) is 6.04 Å². The average molecular weight is 239 g/mol. The first-order valence-corrected chi connectivity index (χ1v) is 6.40. The minimum absolute atomic E-state index is 0.310. The molecule has 0 aliphatic carbocycles. The van der Waals surface area contributed by atoms with E-state index < -0.39 is 0 Å². The van der Waals surface area contributed by atoms with Crippen molar-refractivity contribution in [2.24, 2.45) is 4.99 Å². The van der Waals surface area contributed by atoms with E-state index in [-0.39, 0.29) is 0 Å². The van der Waals surface area contributed by atoms with Gasteiger partial charge in [-0.15, -0.1) is 0 Å². The molecule has 0 saturated carbocycles. The summed E-state index contributed by atoms with van der Waals surface area (Å²) in [5, 5.41) is 2.01. The van der Waals surface area contributed by atoms with Crippen LogP contribution in [0.1, 0.15) is 11.6 Å². The molecule has 0 unspecified atom stereocenters. The number of amidine groups is 1. The molecule has 1 aromatic carbocycles. The largest absolute Gasteiger partial charge is 0.348 e. The van der Waals surface area contributed by atoms with Crippen LogP contribution in [-0.4, -0.2) is 28.9 Å². The normalized spacial score (nSPS) is 24.2. The van der Waals surface area contributed by atoms with E-state index in [1.165, 1.54) is 16.5 Å². The van der Waals surface area contributed by atoms with Gasteiger partial charge in [-0.05, 0) is 17.7 Å². The Morgan fingerprint density at radius 3 is 2.87 bits per heavy atom. The minimum atomic E-state index is 0.310. The number of nitrogens with zero attached hydrogens (tertiary/aromatic N) is 2. The Morgan fingerprint density at radius 1 is 1.33 bits per heavy atom. The van der Waals surface area contributed by atoms with Crippen LogP contribution in [0.5, 0.6) is 0 Å². The fourth-order valence-electron chi connectivity index (χ4n) is 1.97. The summed E-state index contributed by atoms with van der Waals surface area (Å²) in [6.45, 7) is 2.18. The lowest BCUT2D eigenvalue weighted by Gasteiger charge is -2.12. The molecule has 0 radical (unpaired) electrons. The summed E-state index contributed by atoms with van der Waals surface area (Å²) in [6.07, 6.45) is 0. The molecule has 2 heterocycles. The number of fused-ring (bicyclic) bond motifs is 1. The van der Waals surface area contributed by atoms with E-state index in [1.54, 1.807) is 0 Å². The molecule has 0 amide bonds. The minimum Gasteiger partial charge on any atom is -0.348 e. The first kappa shape index (κ1) is 9.55. The number of halogens is 1. The Morgan fingerprint density at radius 2 is 2.13 bits per heavy atom. The van der Waals surface area contributed by atoms with Crippen LogP contribution in [0.4, 0.5) is 0 Å². The maximum atomic E-state index is 5.86. The zero-order valence-electron chi connectivity index (χ0n) is 8.19. The predicted molar refractivity (Wildman–Crippen MR) is 65.7 cm³/mol. The second-order valence-corrected chi connectivity index (χ2v) is 5.27. The first-order valence-electron chi connectivity index (χ1n) is 5.04. The molecular formula is C11H11ClN2S. The summed E-state index contributed by atoms with van der Waals surface area (Å²) < 4.78 is 0. The molecular weight excluding hydrogens is 228 g/mol. The third-order valence-corrected chi connectivity index (χ3v) is 4.04. The smallest absolute Gasteiger partial charge is 0.160 e. The second kappa shape index (κ2) is 3.72. The van der Waals surface area contributed by atoms with E-state index in [2.05, 4.69) is 17.0 Å². The fourth-order valence-corrected chi connectivity index (χ4v) is 3.14. The summed E-state index contributed by atoms with van der Waals surface area (Å²) in [6, 6.07) is 8.33. The van der Waals surface area contributed by atoms with Gasteiger partial charge in [0, 0.05) is 23.9 Å². The lowest BCUT2D eigenvalue weighted by molar-refractivity contribution is 0.464. The summed E-state index contributed by atoms with van der Waals surface area (Å²) in [5.41, 5.74) is 1.27. The molecule has 1 atom stereocenters. The molecule has 1 aromatic rings. The molecule has 78 valence electrons. The highest BCUT2D eigenvalue weighted by atomic mass is 35.5. The van der Waals surface area contributed by atoms with Crippen LogP contribution in [0.3, 0.4) is 0 Å². The van der Waals surface area contributed by atoms with Gasteiger partial charge < -0.3 is 4.90 Å². The van der Waals surface area contributed by atoms with Crippen LogP contribution in [0.2, 0.25) is 5.02 Å². The third-order valence-electron chi connectivity index (χ3n) is 2.78. The van der Waals surface area contributed by atoms with E-state index in [0.717, 1.165) is 18.1 Å². The van der Waals surface area contributed by atoms with Crippen molar-refractivity contribution < 1.29 is 0 Å². The van der Waals surface area contributed by atoms with Gasteiger partial charge in [-0.1, -0.05) is 35.5 Å². The molecule has 1 fully saturated rings. The van der Waals surface area contributed by atoms with Crippen molar-refractivity contribution in [3.05, 3.63) is 34.9 Å². The van der Waals surface area contributed by atoms with Crippen LogP contribution >= 0.6 is 23.4 Å². The Kier molecular flexibility index (Phi) is 2.37. The number of aliphatic imine (C=N–C) groups is 1. The molecule has 2 aliphatic heterocycles. The van der Waals surface area contributed by atoms with Crippen molar-refractivity contribution in [3.63, 3.8) is 0 Å². The predicted octanol–water partition coefficient (Wildman–Crippen LogP) is 2.80. The molecule has 4 heteroatoms. The lowest BCUT2D eigenvalue weighted by Crippen LogP contribution is -2.21. The number of thioether (sulfide) groups is 1. The van der Waals surface area contributed by atoms with Crippen LogP contribution in [0, 0.1) is 0 Å². The zero-order chi connectivity index (χ0) is 10.3. The second-order valence-electron chi connectivity index (χ2n) is 3.77. The van der Waals surface area contributed by atoms with E-state index in [1.807, 2.05) is 23.9 Å². The molecule has 0 bridgehead atoms. The molecule has 0 aromatic heterocycles. The Bertz CT molecular complexity index is 402. The maximum absolute atomic E-state index is 5.86. The van der Waals surface area contributed by atoms with Gasteiger partial charge in [-0.25, -0.2) is 0 Å². The Balaban J connectivity index is 1.85. The SMILES string of the molecule is Clc1ccc([C@@H]2CN3CCSC3=N2)cc1. The highest BCUT2D eigenvalue weighted by Gasteiger charge is 2.29. The number of hydrogen-bond donors (Lipinski definition) is 0. The molecule has 15 heavy (non-hydrogen) atoms. The van der Waals surface area contributed by atoms with Crippen LogP contribution in [0.15, 0.2) is 29.3 Å². The number of hydrogen-bond acceptors (Lipinski definition) is 3. The standard InChI is InChI=1S/C11H11ClN2S/c12-9-3-1-8(2-4-9)10-7-14-5-6-15-11(14)13-10/h1-4,10H,5-7H2/t10-/m0/s1.